The molecule has 0 bridgehead atoms. The van der Waals surface area contributed by atoms with Gasteiger partial charge in [0.1, 0.15) is 17.2 Å². The lowest BCUT2D eigenvalue weighted by atomic mass is 10.2. The molecular weight excluding hydrogens is 347 g/mol. The molecule has 0 heterocycles. The molecule has 1 amide bonds. The van der Waals surface area contributed by atoms with Crippen LogP contribution in [0.2, 0.25) is 5.02 Å². The number of carbonyl (C=O) groups excluding carboxylic acids is 1. The van der Waals surface area contributed by atoms with Crippen LogP contribution in [-0.4, -0.2) is 16.8 Å². The van der Waals surface area contributed by atoms with E-state index in [1.165, 1.54) is 24.3 Å². The number of halogens is 2. The molecule has 7 heteroatoms. The van der Waals surface area contributed by atoms with Gasteiger partial charge in [-0.05, 0) is 57.2 Å². The average Bonchev–Trinajstić information content (AvgIpc) is 2.48. The van der Waals surface area contributed by atoms with Crippen molar-refractivity contribution in [2.75, 3.05) is 10.6 Å². The number of phenolic OH excluding ortho intramolecular Hbond substituents is 1. The Balaban J connectivity index is 2.15. The first-order valence-electron chi connectivity index (χ1n) is 7.65. The lowest BCUT2D eigenvalue weighted by Gasteiger charge is -2.20. The van der Waals surface area contributed by atoms with E-state index in [-0.39, 0.29) is 12.3 Å². The third-order valence-corrected chi connectivity index (χ3v) is 3.36. The number of aromatic hydroxyl groups is 1. The fourth-order valence-electron chi connectivity index (χ4n) is 2.07. The molecule has 0 aliphatic heterocycles. The molecular formula is C18H20ClFN2O3. The predicted octanol–water partition coefficient (Wildman–Crippen LogP) is 5.14. The molecule has 0 unspecified atom stereocenters. The molecule has 0 aliphatic carbocycles. The van der Waals surface area contributed by atoms with Crippen molar-refractivity contribution in [2.45, 2.75) is 32.9 Å². The Morgan fingerprint density at radius 1 is 1.20 bits per heavy atom. The quantitative estimate of drug-likeness (QED) is 0.700. The van der Waals surface area contributed by atoms with Crippen LogP contribution in [0.4, 0.5) is 20.6 Å². The third-order valence-electron chi connectivity index (χ3n) is 3.13. The molecule has 0 aliphatic rings. The van der Waals surface area contributed by atoms with Gasteiger partial charge in [-0.1, -0.05) is 11.6 Å². The largest absolute Gasteiger partial charge is 0.508 e. The normalized spacial score (nSPS) is 11.1. The van der Waals surface area contributed by atoms with Gasteiger partial charge in [-0.3, -0.25) is 5.32 Å². The Kier molecular flexibility index (Phi) is 5.74. The Morgan fingerprint density at radius 3 is 2.60 bits per heavy atom. The lowest BCUT2D eigenvalue weighted by Crippen LogP contribution is -2.27. The number of nitrogens with one attached hydrogen (secondary N) is 2. The summed E-state index contributed by atoms with van der Waals surface area (Å²) in [6, 6.07) is 8.55. The molecule has 0 atom stereocenters. The van der Waals surface area contributed by atoms with Crippen LogP contribution in [0.3, 0.4) is 0 Å². The van der Waals surface area contributed by atoms with Crippen LogP contribution in [0, 0.1) is 5.82 Å². The van der Waals surface area contributed by atoms with Crippen molar-refractivity contribution in [3.63, 3.8) is 0 Å². The number of ether oxygens (including phenoxy) is 1. The molecule has 0 aromatic heterocycles. The summed E-state index contributed by atoms with van der Waals surface area (Å²) < 4.78 is 18.8. The maximum atomic E-state index is 13.6. The fourth-order valence-corrected chi connectivity index (χ4v) is 2.27. The van der Waals surface area contributed by atoms with Crippen molar-refractivity contribution in [3.05, 3.63) is 52.8 Å². The number of anilines is 2. The molecule has 5 nitrogen and oxygen atoms in total. The van der Waals surface area contributed by atoms with Gasteiger partial charge in [-0.15, -0.1) is 0 Å². The fraction of sp³-hybridized carbons (Fsp3) is 0.278. The first-order valence-corrected chi connectivity index (χ1v) is 8.03. The van der Waals surface area contributed by atoms with E-state index in [2.05, 4.69) is 10.6 Å². The monoisotopic (exact) mass is 366 g/mol. The van der Waals surface area contributed by atoms with Gasteiger partial charge in [0.05, 0.1) is 11.4 Å². The molecule has 0 saturated carbocycles. The molecule has 0 spiro atoms. The zero-order chi connectivity index (χ0) is 18.6. The van der Waals surface area contributed by atoms with E-state index in [1.807, 2.05) is 0 Å². The summed E-state index contributed by atoms with van der Waals surface area (Å²) in [6.45, 7) is 5.44. The number of rotatable bonds is 4. The van der Waals surface area contributed by atoms with Crippen molar-refractivity contribution in [1.29, 1.82) is 0 Å². The Morgan fingerprint density at radius 2 is 1.92 bits per heavy atom. The zero-order valence-corrected chi connectivity index (χ0v) is 14.9. The standard InChI is InChI=1S/C18H20ClFN2O3/c1-18(2,3)25-17(24)22-14-6-5-13(20)9-15(14)21-10-11-8-12(19)4-7-16(11)23/h4-9,21,23H,10H2,1-3H3,(H,22,24). The highest BCUT2D eigenvalue weighted by molar-refractivity contribution is 6.30. The number of hydrogen-bond acceptors (Lipinski definition) is 4. The smallest absolute Gasteiger partial charge is 0.412 e. The molecule has 0 radical (unpaired) electrons. The molecule has 2 aromatic carbocycles. The minimum Gasteiger partial charge on any atom is -0.508 e. The molecule has 25 heavy (non-hydrogen) atoms. The van der Waals surface area contributed by atoms with Gasteiger partial charge in [0, 0.05) is 17.1 Å². The van der Waals surface area contributed by atoms with Gasteiger partial charge >= 0.3 is 6.09 Å². The van der Waals surface area contributed by atoms with E-state index in [0.717, 1.165) is 0 Å². The summed E-state index contributed by atoms with van der Waals surface area (Å²) in [5.74, 6) is -0.400. The van der Waals surface area contributed by atoms with Crippen LogP contribution in [0.25, 0.3) is 0 Å². The van der Waals surface area contributed by atoms with E-state index in [4.69, 9.17) is 16.3 Å². The van der Waals surface area contributed by atoms with Crippen molar-refractivity contribution in [3.8, 4) is 5.75 Å². The zero-order valence-electron chi connectivity index (χ0n) is 14.2. The molecule has 2 aromatic rings. The van der Waals surface area contributed by atoms with Crippen LogP contribution < -0.4 is 10.6 Å². The van der Waals surface area contributed by atoms with Gasteiger partial charge in [0.15, 0.2) is 0 Å². The van der Waals surface area contributed by atoms with Crippen LogP contribution in [-0.2, 0) is 11.3 Å². The summed E-state index contributed by atoms with van der Waals surface area (Å²) in [5.41, 5.74) is 0.604. The summed E-state index contributed by atoms with van der Waals surface area (Å²) in [6.07, 6.45) is -0.646. The second-order valence-electron chi connectivity index (χ2n) is 6.44. The molecule has 3 N–H and O–H groups in total. The van der Waals surface area contributed by atoms with Gasteiger partial charge in [-0.25, -0.2) is 9.18 Å². The van der Waals surface area contributed by atoms with Gasteiger partial charge in [0.25, 0.3) is 0 Å². The van der Waals surface area contributed by atoms with Crippen LogP contribution >= 0.6 is 11.6 Å². The summed E-state index contributed by atoms with van der Waals surface area (Å²) in [7, 11) is 0. The maximum Gasteiger partial charge on any atom is 0.412 e. The Hall–Kier alpha value is -2.47. The van der Waals surface area contributed by atoms with Crippen LogP contribution in [0.15, 0.2) is 36.4 Å². The molecule has 2 rings (SSSR count). The number of phenols is 1. The Bertz CT molecular complexity index is 775. The van der Waals surface area contributed by atoms with Gasteiger partial charge in [-0.2, -0.15) is 0 Å². The first-order chi connectivity index (χ1) is 11.6. The number of carbonyl (C=O) groups is 1. The first kappa shape index (κ1) is 18.9. The molecule has 0 saturated heterocycles. The highest BCUT2D eigenvalue weighted by Crippen LogP contribution is 2.27. The van der Waals surface area contributed by atoms with E-state index in [1.54, 1.807) is 32.9 Å². The lowest BCUT2D eigenvalue weighted by molar-refractivity contribution is 0.0636. The topological polar surface area (TPSA) is 70.6 Å². The van der Waals surface area contributed by atoms with Crippen molar-refractivity contribution in [2.24, 2.45) is 0 Å². The van der Waals surface area contributed by atoms with Crippen molar-refractivity contribution < 1.29 is 19.0 Å². The van der Waals surface area contributed by atoms with E-state index in [0.29, 0.717) is 22.0 Å². The average molecular weight is 367 g/mol. The van der Waals surface area contributed by atoms with E-state index in [9.17, 15) is 14.3 Å². The minimum absolute atomic E-state index is 0.0648. The minimum atomic E-state index is -0.649. The van der Waals surface area contributed by atoms with Gasteiger partial charge < -0.3 is 15.2 Å². The molecule has 134 valence electrons. The van der Waals surface area contributed by atoms with Crippen molar-refractivity contribution in [1.82, 2.24) is 0 Å². The summed E-state index contributed by atoms with van der Waals surface area (Å²) in [5, 5.41) is 15.9. The van der Waals surface area contributed by atoms with Crippen LogP contribution in [0.5, 0.6) is 5.75 Å². The second kappa shape index (κ2) is 7.61. The van der Waals surface area contributed by atoms with E-state index < -0.39 is 17.5 Å². The van der Waals surface area contributed by atoms with E-state index >= 15 is 0 Å². The number of amides is 1. The van der Waals surface area contributed by atoms with Gasteiger partial charge in [0.2, 0.25) is 0 Å². The van der Waals surface area contributed by atoms with Crippen LogP contribution in [0.1, 0.15) is 26.3 Å². The SMILES string of the molecule is CC(C)(C)OC(=O)Nc1ccc(F)cc1NCc1cc(Cl)ccc1O. The maximum absolute atomic E-state index is 13.6. The Labute approximate surface area is 150 Å². The summed E-state index contributed by atoms with van der Waals surface area (Å²) >= 11 is 5.91. The highest BCUT2D eigenvalue weighted by Gasteiger charge is 2.17. The predicted molar refractivity (Wildman–Crippen MR) is 96.7 cm³/mol. The molecule has 0 fully saturated rings. The second-order valence-corrected chi connectivity index (χ2v) is 6.88. The number of benzene rings is 2. The highest BCUT2D eigenvalue weighted by atomic mass is 35.5. The third kappa shape index (κ3) is 5.83. The summed E-state index contributed by atoms with van der Waals surface area (Å²) in [4.78, 5) is 11.9. The van der Waals surface area contributed by atoms with Crippen molar-refractivity contribution >= 4 is 29.1 Å². The number of hydrogen-bond donors (Lipinski definition) is 3.